The summed E-state index contributed by atoms with van der Waals surface area (Å²) in [5.74, 6) is -0.173. The molecular weight excluding hydrogens is 326 g/mol. The lowest BCUT2D eigenvalue weighted by molar-refractivity contribution is -0.126. The summed E-state index contributed by atoms with van der Waals surface area (Å²) in [5.41, 5.74) is 0.969. The van der Waals surface area contributed by atoms with Gasteiger partial charge in [0.25, 0.3) is 5.91 Å². The topological polar surface area (TPSA) is 63.7 Å². The maximum Gasteiger partial charge on any atom is 0.254 e. The first-order valence-corrected chi connectivity index (χ1v) is 9.21. The third-order valence-corrected chi connectivity index (χ3v) is 4.53. The zero-order chi connectivity index (χ0) is 17.5. The van der Waals surface area contributed by atoms with Gasteiger partial charge in [0, 0.05) is 25.0 Å². The Morgan fingerprint density at radius 3 is 2.96 bits per heavy atom. The van der Waals surface area contributed by atoms with Crippen LogP contribution in [0.15, 0.2) is 18.0 Å². The van der Waals surface area contributed by atoms with E-state index >= 15 is 0 Å². The molecule has 1 aromatic rings. The number of thiazole rings is 1. The molecule has 1 fully saturated rings. The highest BCUT2D eigenvalue weighted by Gasteiger charge is 2.23. The van der Waals surface area contributed by atoms with Gasteiger partial charge in [-0.05, 0) is 27.2 Å². The second-order valence-corrected chi connectivity index (χ2v) is 7.03. The van der Waals surface area contributed by atoms with Crippen LogP contribution in [0.3, 0.4) is 0 Å². The van der Waals surface area contributed by atoms with E-state index < -0.39 is 6.10 Å². The number of carbonyl (C=O) groups is 1. The molecule has 2 heterocycles. The van der Waals surface area contributed by atoms with Gasteiger partial charge in [-0.15, -0.1) is 17.9 Å². The van der Waals surface area contributed by atoms with Crippen molar-refractivity contribution < 1.29 is 14.3 Å². The summed E-state index contributed by atoms with van der Waals surface area (Å²) >= 11 is 1.44. The van der Waals surface area contributed by atoms with Gasteiger partial charge in [0.1, 0.15) is 6.10 Å². The molecule has 1 saturated heterocycles. The quantitative estimate of drug-likeness (QED) is 0.575. The van der Waals surface area contributed by atoms with Gasteiger partial charge >= 0.3 is 0 Å². The second kappa shape index (κ2) is 9.27. The van der Waals surface area contributed by atoms with Crippen molar-refractivity contribution in [1.82, 2.24) is 9.88 Å². The minimum atomic E-state index is -0.502. The average molecular weight is 353 g/mol. The predicted molar refractivity (Wildman–Crippen MR) is 96.3 cm³/mol. The van der Waals surface area contributed by atoms with Crippen molar-refractivity contribution in [2.45, 2.75) is 52.0 Å². The zero-order valence-corrected chi connectivity index (χ0v) is 15.5. The normalized spacial score (nSPS) is 23.0. The van der Waals surface area contributed by atoms with Gasteiger partial charge in [-0.3, -0.25) is 15.0 Å². The fourth-order valence-electron chi connectivity index (χ4n) is 2.69. The molecule has 0 radical (unpaired) electrons. The van der Waals surface area contributed by atoms with E-state index in [4.69, 9.17) is 9.47 Å². The number of hydrogen-bond acceptors (Lipinski definition) is 6. The Balaban J connectivity index is 1.82. The molecule has 1 aliphatic rings. The summed E-state index contributed by atoms with van der Waals surface area (Å²) in [7, 11) is 0. The summed E-state index contributed by atoms with van der Waals surface area (Å²) < 4.78 is 11.2. The Labute approximate surface area is 147 Å². The molecule has 0 aromatic carbocycles. The van der Waals surface area contributed by atoms with Gasteiger partial charge < -0.3 is 9.47 Å². The number of anilines is 1. The molecule has 2 rings (SSSR count). The highest BCUT2D eigenvalue weighted by molar-refractivity contribution is 7.13. The van der Waals surface area contributed by atoms with Crippen LogP contribution >= 0.6 is 11.3 Å². The van der Waals surface area contributed by atoms with Crippen LogP contribution in [0.4, 0.5) is 5.13 Å². The Kier molecular flexibility index (Phi) is 7.36. The molecular formula is C17H27N3O3S. The van der Waals surface area contributed by atoms with E-state index in [1.165, 1.54) is 11.3 Å². The molecule has 0 bridgehead atoms. The number of ether oxygens (including phenoxy) is 2. The molecule has 24 heavy (non-hydrogen) atoms. The third kappa shape index (κ3) is 5.98. The minimum absolute atomic E-state index is 0.173. The molecule has 0 aliphatic carbocycles. The minimum Gasteiger partial charge on any atom is -0.373 e. The molecule has 0 spiro atoms. The van der Waals surface area contributed by atoms with Crippen LogP contribution in [0.1, 0.15) is 32.9 Å². The summed E-state index contributed by atoms with van der Waals surface area (Å²) in [6.07, 6.45) is 2.47. The summed E-state index contributed by atoms with van der Waals surface area (Å²) in [6, 6.07) is 0. The molecule has 1 amide bonds. The van der Waals surface area contributed by atoms with E-state index in [0.717, 1.165) is 31.7 Å². The van der Waals surface area contributed by atoms with Crippen LogP contribution in [-0.4, -0.2) is 53.8 Å². The summed E-state index contributed by atoms with van der Waals surface area (Å²) in [5, 5.41) is 5.42. The molecule has 3 unspecified atom stereocenters. The first-order valence-electron chi connectivity index (χ1n) is 8.33. The van der Waals surface area contributed by atoms with Crippen LogP contribution < -0.4 is 5.32 Å². The van der Waals surface area contributed by atoms with Crippen LogP contribution in [0, 0.1) is 0 Å². The Morgan fingerprint density at radius 1 is 1.58 bits per heavy atom. The molecule has 0 saturated carbocycles. The van der Waals surface area contributed by atoms with Crippen molar-refractivity contribution in [3.05, 3.63) is 23.7 Å². The number of rotatable bonds is 8. The number of nitrogens with zero attached hydrogens (tertiary/aromatic N) is 2. The molecule has 1 aromatic heterocycles. The van der Waals surface area contributed by atoms with Crippen molar-refractivity contribution in [2.75, 3.05) is 25.0 Å². The first kappa shape index (κ1) is 19.1. The number of morpholine rings is 1. The number of hydrogen-bond donors (Lipinski definition) is 1. The second-order valence-electron chi connectivity index (χ2n) is 6.18. The fourth-order valence-corrected chi connectivity index (χ4v) is 3.39. The average Bonchev–Trinajstić information content (AvgIpc) is 2.93. The fraction of sp³-hybridized carbons (Fsp3) is 0.647. The van der Waals surface area contributed by atoms with Crippen molar-refractivity contribution in [2.24, 2.45) is 0 Å². The zero-order valence-electron chi connectivity index (χ0n) is 14.7. The van der Waals surface area contributed by atoms with E-state index in [2.05, 4.69) is 35.6 Å². The highest BCUT2D eigenvalue weighted by Crippen LogP contribution is 2.19. The molecule has 1 N–H and O–H groups in total. The van der Waals surface area contributed by atoms with Crippen molar-refractivity contribution in [3.63, 3.8) is 0 Å². The summed E-state index contributed by atoms with van der Waals surface area (Å²) in [4.78, 5) is 18.9. The monoisotopic (exact) mass is 353 g/mol. The Bertz CT molecular complexity index is 539. The molecule has 1 aliphatic heterocycles. The number of amides is 1. The lowest BCUT2D eigenvalue weighted by Crippen LogP contribution is -2.44. The lowest BCUT2D eigenvalue weighted by Gasteiger charge is -2.34. The molecule has 134 valence electrons. The van der Waals surface area contributed by atoms with E-state index in [1.807, 2.05) is 5.38 Å². The van der Waals surface area contributed by atoms with Crippen molar-refractivity contribution in [3.8, 4) is 0 Å². The van der Waals surface area contributed by atoms with Crippen LogP contribution in [-0.2, 0) is 20.8 Å². The first-order chi connectivity index (χ1) is 11.5. The maximum atomic E-state index is 12.1. The van der Waals surface area contributed by atoms with Gasteiger partial charge in [-0.2, -0.15) is 0 Å². The predicted octanol–water partition coefficient (Wildman–Crippen LogP) is 2.67. The van der Waals surface area contributed by atoms with Crippen LogP contribution in [0.25, 0.3) is 0 Å². The number of carbonyl (C=O) groups excluding carboxylic acids is 1. The van der Waals surface area contributed by atoms with Gasteiger partial charge in [0.2, 0.25) is 0 Å². The molecule has 6 nitrogen and oxygen atoms in total. The highest BCUT2D eigenvalue weighted by atomic mass is 32.1. The Hall–Kier alpha value is -1.28. The smallest absolute Gasteiger partial charge is 0.254 e. The van der Waals surface area contributed by atoms with E-state index in [9.17, 15) is 4.79 Å². The third-order valence-electron chi connectivity index (χ3n) is 3.72. The largest absolute Gasteiger partial charge is 0.373 e. The Morgan fingerprint density at radius 2 is 2.29 bits per heavy atom. The van der Waals surface area contributed by atoms with E-state index in [0.29, 0.717) is 11.7 Å². The van der Waals surface area contributed by atoms with Crippen LogP contribution in [0.5, 0.6) is 0 Å². The van der Waals surface area contributed by atoms with Gasteiger partial charge in [-0.25, -0.2) is 4.98 Å². The number of nitrogens with one attached hydrogen (secondary N) is 1. The van der Waals surface area contributed by atoms with Crippen molar-refractivity contribution >= 4 is 22.4 Å². The maximum absolute atomic E-state index is 12.1. The van der Waals surface area contributed by atoms with Gasteiger partial charge in [0.15, 0.2) is 5.13 Å². The van der Waals surface area contributed by atoms with E-state index in [1.54, 1.807) is 13.0 Å². The summed E-state index contributed by atoms with van der Waals surface area (Å²) in [6.45, 7) is 12.6. The van der Waals surface area contributed by atoms with Gasteiger partial charge in [-0.1, -0.05) is 6.08 Å². The molecule has 7 heteroatoms. The standard InChI is InChI=1S/C17H27N3O3S/c1-5-6-7-22-14(4)16(21)19-17-18-15(11-24-17)10-20-8-12(2)23-13(3)9-20/h5,11-14H,1,6-10H2,2-4H3,(H,18,19,21). The van der Waals surface area contributed by atoms with E-state index in [-0.39, 0.29) is 18.1 Å². The number of aromatic nitrogens is 1. The van der Waals surface area contributed by atoms with Crippen molar-refractivity contribution in [1.29, 1.82) is 0 Å². The molecule has 3 atom stereocenters. The van der Waals surface area contributed by atoms with Gasteiger partial charge in [0.05, 0.1) is 24.5 Å². The van der Waals surface area contributed by atoms with Crippen LogP contribution in [0.2, 0.25) is 0 Å². The SMILES string of the molecule is C=CCCOC(C)C(=O)Nc1nc(CN2CC(C)OC(C)C2)cs1. The lowest BCUT2D eigenvalue weighted by atomic mass is 10.2.